The van der Waals surface area contributed by atoms with Crippen molar-refractivity contribution in [2.45, 2.75) is 33.2 Å². The molecule has 1 atom stereocenters. The van der Waals surface area contributed by atoms with Crippen LogP contribution < -0.4 is 0 Å². The number of aromatic nitrogens is 2. The van der Waals surface area contributed by atoms with Crippen LogP contribution in [0.15, 0.2) is 60.3 Å². The Kier molecular flexibility index (Phi) is 6.95. The number of nitrogens with zero attached hydrogens (tertiary/aromatic N) is 5. The van der Waals surface area contributed by atoms with Crippen molar-refractivity contribution in [3.63, 3.8) is 0 Å². The number of amides is 1. The van der Waals surface area contributed by atoms with Crippen molar-refractivity contribution >= 4 is 28.7 Å². The first-order valence-corrected chi connectivity index (χ1v) is 12.9. The molecule has 1 fully saturated rings. The Bertz CT molecular complexity index is 1390. The Balaban J connectivity index is 1.57. The topological polar surface area (TPSA) is 64.6 Å². The van der Waals surface area contributed by atoms with Crippen molar-refractivity contribution in [3.8, 4) is 17.3 Å². The smallest absolute Gasteiger partial charge is 0.222 e. The molecule has 2 aromatic heterocycles. The first-order valence-electron chi connectivity index (χ1n) is 12.6. The highest BCUT2D eigenvalue weighted by atomic mass is 35.5. The standard InChI is InChI=1S/C29H30ClN5O/c1-3-27(36)34-15-13-33(14-16-34)19-25-29(21-7-10-24(30)11-8-21)32-26-12-9-23(18-35(25)26)28-20(2)5-4-6-22(28)17-31/h4,6-12,18,20H,3,5,13-16,19H2,1-2H3. The highest BCUT2D eigenvalue weighted by molar-refractivity contribution is 6.30. The molecule has 3 heterocycles. The SMILES string of the molecule is CCC(=O)N1CCN(Cc2c(-c3ccc(Cl)cc3)nc3ccc(C4=C(C#N)C=CCC4C)cn23)CC1. The molecule has 1 unspecified atom stereocenters. The molecule has 7 heteroatoms. The number of allylic oxidation sites excluding steroid dienone is 4. The first-order chi connectivity index (χ1) is 17.5. The van der Waals surface area contributed by atoms with Gasteiger partial charge in [-0.1, -0.05) is 43.7 Å². The lowest BCUT2D eigenvalue weighted by molar-refractivity contribution is -0.132. The Hall–Kier alpha value is -3.40. The zero-order valence-corrected chi connectivity index (χ0v) is 21.5. The van der Waals surface area contributed by atoms with E-state index in [1.807, 2.05) is 48.2 Å². The van der Waals surface area contributed by atoms with Gasteiger partial charge in [-0.15, -0.1) is 0 Å². The normalized spacial score (nSPS) is 18.6. The van der Waals surface area contributed by atoms with E-state index in [2.05, 4.69) is 40.6 Å². The van der Waals surface area contributed by atoms with E-state index in [0.717, 1.165) is 78.5 Å². The number of piperazine rings is 1. The van der Waals surface area contributed by atoms with Gasteiger partial charge in [-0.05, 0) is 53.8 Å². The summed E-state index contributed by atoms with van der Waals surface area (Å²) in [6.45, 7) is 7.94. The molecular weight excluding hydrogens is 470 g/mol. The summed E-state index contributed by atoms with van der Waals surface area (Å²) >= 11 is 6.17. The summed E-state index contributed by atoms with van der Waals surface area (Å²) in [5, 5.41) is 10.4. The zero-order valence-electron chi connectivity index (χ0n) is 20.7. The molecule has 1 aliphatic heterocycles. The lowest BCUT2D eigenvalue weighted by Crippen LogP contribution is -2.48. The van der Waals surface area contributed by atoms with Crippen molar-refractivity contribution in [2.24, 2.45) is 5.92 Å². The third-order valence-electron chi connectivity index (χ3n) is 7.22. The number of hydrogen-bond acceptors (Lipinski definition) is 4. The molecule has 184 valence electrons. The van der Waals surface area contributed by atoms with E-state index in [1.54, 1.807) is 0 Å². The maximum absolute atomic E-state index is 12.1. The third-order valence-corrected chi connectivity index (χ3v) is 7.48. The average molecular weight is 500 g/mol. The Morgan fingerprint density at radius 3 is 2.53 bits per heavy atom. The second-order valence-corrected chi connectivity index (χ2v) is 9.99. The van der Waals surface area contributed by atoms with Gasteiger partial charge in [-0.3, -0.25) is 9.69 Å². The minimum atomic E-state index is 0.216. The van der Waals surface area contributed by atoms with Crippen molar-refractivity contribution in [1.29, 1.82) is 5.26 Å². The predicted molar refractivity (Wildman–Crippen MR) is 143 cm³/mol. The molecule has 0 N–H and O–H groups in total. The van der Waals surface area contributed by atoms with Gasteiger partial charge in [0.25, 0.3) is 0 Å². The van der Waals surface area contributed by atoms with Gasteiger partial charge in [0.2, 0.25) is 5.91 Å². The van der Waals surface area contributed by atoms with Gasteiger partial charge in [0.05, 0.1) is 23.0 Å². The molecule has 0 radical (unpaired) electrons. The number of carbonyl (C=O) groups excluding carboxylic acids is 1. The largest absolute Gasteiger partial charge is 0.340 e. The van der Waals surface area contributed by atoms with Crippen molar-refractivity contribution in [1.82, 2.24) is 19.2 Å². The number of imidazole rings is 1. The minimum absolute atomic E-state index is 0.216. The number of halogens is 1. The Morgan fingerprint density at radius 1 is 1.11 bits per heavy atom. The van der Waals surface area contributed by atoms with E-state index < -0.39 is 0 Å². The van der Waals surface area contributed by atoms with Crippen molar-refractivity contribution < 1.29 is 4.79 Å². The number of carbonyl (C=O) groups is 1. The third kappa shape index (κ3) is 4.69. The van der Waals surface area contributed by atoms with Crippen LogP contribution in [0.5, 0.6) is 0 Å². The monoisotopic (exact) mass is 499 g/mol. The maximum atomic E-state index is 12.1. The first kappa shape index (κ1) is 24.3. The molecule has 1 aliphatic carbocycles. The molecule has 0 spiro atoms. The number of nitriles is 1. The van der Waals surface area contributed by atoms with Crippen molar-refractivity contribution in [2.75, 3.05) is 26.2 Å². The van der Waals surface area contributed by atoms with Crippen LogP contribution in [0.4, 0.5) is 0 Å². The molecule has 5 rings (SSSR count). The summed E-state index contributed by atoms with van der Waals surface area (Å²) < 4.78 is 2.18. The van der Waals surface area contributed by atoms with E-state index >= 15 is 0 Å². The van der Waals surface area contributed by atoms with Gasteiger partial charge in [0.15, 0.2) is 0 Å². The van der Waals surface area contributed by atoms with Gasteiger partial charge in [0, 0.05) is 55.9 Å². The van der Waals surface area contributed by atoms with Gasteiger partial charge >= 0.3 is 0 Å². The van der Waals surface area contributed by atoms with Crippen LogP contribution >= 0.6 is 11.6 Å². The van der Waals surface area contributed by atoms with Crippen LogP contribution in [0.2, 0.25) is 5.02 Å². The molecule has 0 bridgehead atoms. The Morgan fingerprint density at radius 2 is 1.83 bits per heavy atom. The lowest BCUT2D eigenvalue weighted by Gasteiger charge is -2.34. The highest BCUT2D eigenvalue weighted by Crippen LogP contribution is 2.35. The molecule has 1 saturated heterocycles. The van der Waals surface area contributed by atoms with Gasteiger partial charge < -0.3 is 9.30 Å². The number of pyridine rings is 1. The summed E-state index contributed by atoms with van der Waals surface area (Å²) in [6.07, 6.45) is 7.62. The number of hydrogen-bond donors (Lipinski definition) is 0. The summed E-state index contributed by atoms with van der Waals surface area (Å²) in [6, 6.07) is 14.3. The predicted octanol–water partition coefficient (Wildman–Crippen LogP) is 5.58. The molecule has 1 aromatic carbocycles. The van der Waals surface area contributed by atoms with Crippen molar-refractivity contribution in [3.05, 3.63) is 76.6 Å². The van der Waals surface area contributed by atoms with Crippen LogP contribution in [0, 0.1) is 17.2 Å². The quantitative estimate of drug-likeness (QED) is 0.459. The van der Waals surface area contributed by atoms with Crippen LogP contribution in [0.1, 0.15) is 37.9 Å². The van der Waals surface area contributed by atoms with Crippen LogP contribution in [0.25, 0.3) is 22.5 Å². The lowest BCUT2D eigenvalue weighted by atomic mass is 9.85. The van der Waals surface area contributed by atoms with Gasteiger partial charge in [-0.2, -0.15) is 5.26 Å². The fourth-order valence-corrected chi connectivity index (χ4v) is 5.36. The van der Waals surface area contributed by atoms with E-state index in [9.17, 15) is 10.1 Å². The van der Waals surface area contributed by atoms with Gasteiger partial charge in [-0.25, -0.2) is 4.98 Å². The second kappa shape index (κ2) is 10.3. The number of benzene rings is 1. The summed E-state index contributed by atoms with van der Waals surface area (Å²) in [4.78, 5) is 21.5. The second-order valence-electron chi connectivity index (χ2n) is 9.55. The van der Waals surface area contributed by atoms with Crippen LogP contribution in [-0.2, 0) is 11.3 Å². The highest BCUT2D eigenvalue weighted by Gasteiger charge is 2.24. The number of rotatable bonds is 5. The average Bonchev–Trinajstić information content (AvgIpc) is 3.26. The van der Waals surface area contributed by atoms with Crippen LogP contribution in [0.3, 0.4) is 0 Å². The fraction of sp³-hybridized carbons (Fsp3) is 0.345. The molecular formula is C29H30ClN5O. The van der Waals surface area contributed by atoms with E-state index in [4.69, 9.17) is 16.6 Å². The molecule has 3 aromatic rings. The molecule has 36 heavy (non-hydrogen) atoms. The molecule has 2 aliphatic rings. The van der Waals surface area contributed by atoms with E-state index in [1.165, 1.54) is 0 Å². The van der Waals surface area contributed by atoms with E-state index in [0.29, 0.717) is 11.4 Å². The molecule has 0 saturated carbocycles. The maximum Gasteiger partial charge on any atom is 0.222 e. The molecule has 1 amide bonds. The summed E-state index contributed by atoms with van der Waals surface area (Å²) in [7, 11) is 0. The fourth-order valence-electron chi connectivity index (χ4n) is 5.23. The Labute approximate surface area is 217 Å². The summed E-state index contributed by atoms with van der Waals surface area (Å²) in [5.74, 6) is 0.488. The minimum Gasteiger partial charge on any atom is -0.340 e. The number of fused-ring (bicyclic) bond motifs is 1. The van der Waals surface area contributed by atoms with E-state index in [-0.39, 0.29) is 11.8 Å². The van der Waals surface area contributed by atoms with Crippen LogP contribution in [-0.4, -0.2) is 51.3 Å². The molecule has 6 nitrogen and oxygen atoms in total. The zero-order chi connectivity index (χ0) is 25.2. The summed E-state index contributed by atoms with van der Waals surface area (Å²) in [5.41, 5.74) is 6.78. The van der Waals surface area contributed by atoms with Gasteiger partial charge in [0.1, 0.15) is 5.65 Å².